The zero-order valence-corrected chi connectivity index (χ0v) is 11.6. The van der Waals surface area contributed by atoms with Gasteiger partial charge in [-0.25, -0.2) is 0 Å². The lowest BCUT2D eigenvalue weighted by Crippen LogP contribution is -2.49. The summed E-state index contributed by atoms with van der Waals surface area (Å²) in [5.74, 6) is 0.0612. The van der Waals surface area contributed by atoms with Crippen molar-refractivity contribution in [1.82, 2.24) is 19.8 Å². The molecule has 1 amide bonds. The SMILES string of the molecule is CN(CC(=O)N1CCNCC1)c1c([N+](=O)[O-])ncn1C. The molecule has 0 bridgehead atoms. The van der Waals surface area contributed by atoms with E-state index in [9.17, 15) is 14.9 Å². The summed E-state index contributed by atoms with van der Waals surface area (Å²) in [7, 11) is 3.32. The summed E-state index contributed by atoms with van der Waals surface area (Å²) in [6.45, 7) is 2.99. The van der Waals surface area contributed by atoms with Gasteiger partial charge >= 0.3 is 5.82 Å². The zero-order chi connectivity index (χ0) is 14.7. The molecule has 1 saturated heterocycles. The Balaban J connectivity index is 2.07. The van der Waals surface area contributed by atoms with E-state index >= 15 is 0 Å². The highest BCUT2D eigenvalue weighted by Crippen LogP contribution is 2.24. The first-order valence-corrected chi connectivity index (χ1v) is 6.36. The lowest BCUT2D eigenvalue weighted by atomic mass is 10.3. The number of amides is 1. The molecule has 0 aromatic carbocycles. The fourth-order valence-electron chi connectivity index (χ4n) is 2.27. The second-order valence-electron chi connectivity index (χ2n) is 4.75. The summed E-state index contributed by atoms with van der Waals surface area (Å²) in [6, 6.07) is 0. The number of imidazole rings is 1. The first-order valence-electron chi connectivity index (χ1n) is 6.36. The number of rotatable bonds is 4. The molecule has 2 rings (SSSR count). The second kappa shape index (κ2) is 5.87. The van der Waals surface area contributed by atoms with Crippen molar-refractivity contribution in [1.29, 1.82) is 0 Å². The van der Waals surface area contributed by atoms with Crippen molar-refractivity contribution in [2.45, 2.75) is 0 Å². The molecule has 0 radical (unpaired) electrons. The number of carbonyl (C=O) groups is 1. The molecular formula is C11H18N6O3. The molecule has 110 valence electrons. The molecule has 0 saturated carbocycles. The number of nitrogens with one attached hydrogen (secondary N) is 1. The third-order valence-electron chi connectivity index (χ3n) is 3.26. The van der Waals surface area contributed by atoms with Gasteiger partial charge in [0.05, 0.1) is 6.54 Å². The van der Waals surface area contributed by atoms with Crippen LogP contribution in [0.4, 0.5) is 11.6 Å². The molecule has 1 aromatic rings. The van der Waals surface area contributed by atoms with Crippen LogP contribution in [0.5, 0.6) is 0 Å². The van der Waals surface area contributed by atoms with Crippen molar-refractivity contribution >= 4 is 17.5 Å². The first kappa shape index (κ1) is 14.3. The van der Waals surface area contributed by atoms with Crippen LogP contribution in [0.3, 0.4) is 0 Å². The van der Waals surface area contributed by atoms with E-state index in [0.29, 0.717) is 18.9 Å². The van der Waals surface area contributed by atoms with Gasteiger partial charge in [0.2, 0.25) is 18.1 Å². The maximum absolute atomic E-state index is 12.2. The molecule has 9 nitrogen and oxygen atoms in total. The number of nitrogens with zero attached hydrogens (tertiary/aromatic N) is 5. The van der Waals surface area contributed by atoms with Crippen molar-refractivity contribution in [3.8, 4) is 0 Å². The molecule has 0 atom stereocenters. The van der Waals surface area contributed by atoms with Crippen LogP contribution in [0.15, 0.2) is 6.33 Å². The van der Waals surface area contributed by atoms with Crippen LogP contribution in [0.25, 0.3) is 0 Å². The summed E-state index contributed by atoms with van der Waals surface area (Å²) in [6.07, 6.45) is 1.37. The summed E-state index contributed by atoms with van der Waals surface area (Å²) in [5, 5.41) is 14.1. The van der Waals surface area contributed by atoms with Gasteiger partial charge in [-0.15, -0.1) is 0 Å². The molecule has 1 N–H and O–H groups in total. The molecule has 2 heterocycles. The summed E-state index contributed by atoms with van der Waals surface area (Å²) < 4.78 is 1.54. The fraction of sp³-hybridized carbons (Fsp3) is 0.636. The average molecular weight is 282 g/mol. The minimum absolute atomic E-state index is 0.0375. The van der Waals surface area contributed by atoms with Gasteiger partial charge in [-0.3, -0.25) is 9.36 Å². The fourth-order valence-corrected chi connectivity index (χ4v) is 2.27. The number of aromatic nitrogens is 2. The predicted molar refractivity (Wildman–Crippen MR) is 72.6 cm³/mol. The Morgan fingerprint density at radius 2 is 2.20 bits per heavy atom. The van der Waals surface area contributed by atoms with E-state index in [0.717, 1.165) is 13.1 Å². The molecule has 1 fully saturated rings. The van der Waals surface area contributed by atoms with Crippen LogP contribution in [0.1, 0.15) is 0 Å². The Hall–Kier alpha value is -2.16. The molecule has 1 aliphatic rings. The third kappa shape index (κ3) is 2.87. The summed E-state index contributed by atoms with van der Waals surface area (Å²) >= 11 is 0. The number of hydrogen-bond acceptors (Lipinski definition) is 6. The van der Waals surface area contributed by atoms with Crippen LogP contribution in [-0.4, -0.2) is 65.1 Å². The number of nitro groups is 1. The van der Waals surface area contributed by atoms with Crippen LogP contribution < -0.4 is 10.2 Å². The van der Waals surface area contributed by atoms with Gasteiger partial charge in [0.1, 0.15) is 0 Å². The van der Waals surface area contributed by atoms with Gasteiger partial charge in [0.25, 0.3) is 0 Å². The highest BCUT2D eigenvalue weighted by atomic mass is 16.6. The van der Waals surface area contributed by atoms with Gasteiger partial charge in [0.15, 0.2) is 0 Å². The van der Waals surface area contributed by atoms with Crippen molar-refractivity contribution in [2.24, 2.45) is 7.05 Å². The van der Waals surface area contributed by atoms with Crippen molar-refractivity contribution < 1.29 is 9.72 Å². The van der Waals surface area contributed by atoms with Gasteiger partial charge in [-0.05, 0) is 9.91 Å². The molecule has 9 heteroatoms. The average Bonchev–Trinajstić information content (AvgIpc) is 2.81. The first-order chi connectivity index (χ1) is 9.50. The highest BCUT2D eigenvalue weighted by molar-refractivity contribution is 5.81. The Morgan fingerprint density at radius 1 is 1.55 bits per heavy atom. The molecular weight excluding hydrogens is 264 g/mol. The topological polar surface area (TPSA) is 96.5 Å². The molecule has 1 aliphatic heterocycles. The van der Waals surface area contributed by atoms with E-state index in [1.807, 2.05) is 0 Å². The minimum Gasteiger partial charge on any atom is -0.358 e. The molecule has 0 unspecified atom stereocenters. The Labute approximate surface area is 116 Å². The lowest BCUT2D eigenvalue weighted by Gasteiger charge is -2.29. The molecule has 0 spiro atoms. The van der Waals surface area contributed by atoms with Crippen LogP contribution in [0, 0.1) is 10.1 Å². The Morgan fingerprint density at radius 3 is 2.80 bits per heavy atom. The third-order valence-corrected chi connectivity index (χ3v) is 3.26. The number of aryl methyl sites for hydroxylation is 1. The van der Waals surface area contributed by atoms with E-state index in [1.165, 1.54) is 6.33 Å². The molecule has 20 heavy (non-hydrogen) atoms. The quantitative estimate of drug-likeness (QED) is 0.573. The zero-order valence-electron chi connectivity index (χ0n) is 11.6. The van der Waals surface area contributed by atoms with E-state index in [1.54, 1.807) is 28.5 Å². The standard InChI is InChI=1S/C11H18N6O3/c1-14(7-9(18)16-5-3-12-4-6-16)11-10(17(19)20)13-8-15(11)2/h8,12H,3-7H2,1-2H3. The van der Waals surface area contributed by atoms with Gasteiger partial charge < -0.3 is 25.2 Å². The van der Waals surface area contributed by atoms with Crippen LogP contribution >= 0.6 is 0 Å². The number of likely N-dealkylation sites (N-methyl/N-ethyl adjacent to an activating group) is 1. The normalized spacial score (nSPS) is 15.2. The van der Waals surface area contributed by atoms with Crippen LogP contribution in [0.2, 0.25) is 0 Å². The van der Waals surface area contributed by atoms with Gasteiger partial charge in [-0.1, -0.05) is 0 Å². The van der Waals surface area contributed by atoms with E-state index in [2.05, 4.69) is 10.3 Å². The number of anilines is 1. The smallest absolute Gasteiger partial charge is 0.358 e. The number of piperazine rings is 1. The molecule has 0 aliphatic carbocycles. The largest absolute Gasteiger partial charge is 0.406 e. The molecule has 1 aromatic heterocycles. The predicted octanol–water partition coefficient (Wildman–Crippen LogP) is -0.804. The monoisotopic (exact) mass is 282 g/mol. The Kier molecular flexibility index (Phi) is 4.18. The highest BCUT2D eigenvalue weighted by Gasteiger charge is 2.26. The summed E-state index contributed by atoms with van der Waals surface area (Å²) in [5.41, 5.74) is 0. The van der Waals surface area contributed by atoms with E-state index < -0.39 is 4.92 Å². The lowest BCUT2D eigenvalue weighted by molar-refractivity contribution is -0.388. The van der Waals surface area contributed by atoms with Crippen LogP contribution in [-0.2, 0) is 11.8 Å². The van der Waals surface area contributed by atoms with Crippen molar-refractivity contribution in [3.63, 3.8) is 0 Å². The number of hydrogen-bond donors (Lipinski definition) is 1. The van der Waals surface area contributed by atoms with Gasteiger partial charge in [-0.2, -0.15) is 0 Å². The minimum atomic E-state index is -0.541. The van der Waals surface area contributed by atoms with Crippen molar-refractivity contribution in [3.05, 3.63) is 16.4 Å². The van der Waals surface area contributed by atoms with E-state index in [-0.39, 0.29) is 18.3 Å². The maximum Gasteiger partial charge on any atom is 0.406 e. The summed E-state index contributed by atoms with van der Waals surface area (Å²) in [4.78, 5) is 29.6. The van der Waals surface area contributed by atoms with Crippen molar-refractivity contribution in [2.75, 3.05) is 44.7 Å². The maximum atomic E-state index is 12.2. The van der Waals surface area contributed by atoms with Gasteiger partial charge in [0, 0.05) is 40.3 Å². The van der Waals surface area contributed by atoms with E-state index in [4.69, 9.17) is 0 Å². The Bertz CT molecular complexity index is 508. The second-order valence-corrected chi connectivity index (χ2v) is 4.75. The number of carbonyl (C=O) groups excluding carboxylic acids is 1.